The third-order valence-corrected chi connectivity index (χ3v) is 3.34. The molecule has 0 amide bonds. The Kier molecular flexibility index (Phi) is 4.68. The highest BCUT2D eigenvalue weighted by molar-refractivity contribution is 7.99. The van der Waals surface area contributed by atoms with Crippen molar-refractivity contribution >= 4 is 35.5 Å². The van der Waals surface area contributed by atoms with Crippen LogP contribution in [0.1, 0.15) is 0 Å². The summed E-state index contributed by atoms with van der Waals surface area (Å²) >= 11 is 1.69. The lowest BCUT2D eigenvalue weighted by Gasteiger charge is -2.30. The third-order valence-electron chi connectivity index (χ3n) is 2.30. The van der Waals surface area contributed by atoms with Gasteiger partial charge in [-0.25, -0.2) is 8.78 Å². The lowest BCUT2D eigenvalue weighted by Crippen LogP contribution is -2.33. The Labute approximate surface area is 104 Å². The van der Waals surface area contributed by atoms with E-state index < -0.39 is 6.43 Å². The van der Waals surface area contributed by atoms with Crippen molar-refractivity contribution in [2.24, 2.45) is 0 Å². The van der Waals surface area contributed by atoms with Gasteiger partial charge in [-0.2, -0.15) is 0 Å². The Hall–Kier alpha value is -0.680. The topological polar surface area (TPSA) is 29.3 Å². The highest BCUT2D eigenvalue weighted by Crippen LogP contribution is 2.36. The van der Waals surface area contributed by atoms with E-state index in [9.17, 15) is 8.78 Å². The fourth-order valence-corrected chi connectivity index (χ4v) is 2.68. The average molecular weight is 267 g/mol. The molecule has 1 aliphatic rings. The summed E-state index contributed by atoms with van der Waals surface area (Å²) < 4.78 is 24.7. The van der Waals surface area contributed by atoms with Crippen LogP contribution in [0, 0.1) is 0 Å². The number of hydrogen-bond acceptors (Lipinski definition) is 3. The first-order valence-corrected chi connectivity index (χ1v) is 5.71. The molecule has 0 aliphatic carbocycles. The predicted octanol–water partition coefficient (Wildman–Crippen LogP) is 2.87. The minimum atomic E-state index is -2.30. The van der Waals surface area contributed by atoms with Gasteiger partial charge < -0.3 is 10.6 Å². The Morgan fingerprint density at radius 1 is 1.44 bits per heavy atom. The van der Waals surface area contributed by atoms with Gasteiger partial charge in [0.05, 0.1) is 12.2 Å². The number of rotatable bonds is 2. The van der Waals surface area contributed by atoms with E-state index in [2.05, 4.69) is 0 Å². The van der Waals surface area contributed by atoms with Crippen LogP contribution in [0.15, 0.2) is 23.1 Å². The summed E-state index contributed by atoms with van der Waals surface area (Å²) in [6.07, 6.45) is -2.30. The Bertz CT molecular complexity index is 363. The predicted molar refractivity (Wildman–Crippen MR) is 67.0 cm³/mol. The fraction of sp³-hybridized carbons (Fsp3) is 0.400. The van der Waals surface area contributed by atoms with Gasteiger partial charge in [-0.1, -0.05) is 0 Å². The van der Waals surface area contributed by atoms with Crippen molar-refractivity contribution in [1.82, 2.24) is 0 Å². The molecule has 0 aromatic heterocycles. The first-order chi connectivity index (χ1) is 7.16. The van der Waals surface area contributed by atoms with Gasteiger partial charge in [0.2, 0.25) is 0 Å². The maximum atomic E-state index is 12.3. The SMILES string of the molecule is Cl.Nc1ccc2c(c1)N(CC(F)F)CCS2. The van der Waals surface area contributed by atoms with E-state index in [0.29, 0.717) is 12.2 Å². The number of anilines is 2. The standard InChI is InChI=1S/C10H12F2N2S.ClH/c11-10(12)6-14-3-4-15-9-2-1-7(13)5-8(9)14;/h1-2,5,10H,3-4,6,13H2;1H. The molecule has 0 fully saturated rings. The van der Waals surface area contributed by atoms with Crippen molar-refractivity contribution in [2.75, 3.05) is 29.5 Å². The Morgan fingerprint density at radius 3 is 2.88 bits per heavy atom. The number of benzene rings is 1. The van der Waals surface area contributed by atoms with E-state index in [0.717, 1.165) is 16.3 Å². The van der Waals surface area contributed by atoms with Crippen molar-refractivity contribution in [3.05, 3.63) is 18.2 Å². The van der Waals surface area contributed by atoms with Gasteiger partial charge in [0.1, 0.15) is 0 Å². The number of hydrogen-bond donors (Lipinski definition) is 1. The zero-order valence-corrected chi connectivity index (χ0v) is 10.2. The van der Waals surface area contributed by atoms with Crippen LogP contribution in [0.2, 0.25) is 0 Å². The lowest BCUT2D eigenvalue weighted by molar-refractivity contribution is 0.155. The zero-order chi connectivity index (χ0) is 10.8. The number of halogens is 3. The Morgan fingerprint density at radius 2 is 2.19 bits per heavy atom. The summed E-state index contributed by atoms with van der Waals surface area (Å²) in [5, 5.41) is 0. The molecule has 6 heteroatoms. The number of nitrogens with zero attached hydrogens (tertiary/aromatic N) is 1. The third kappa shape index (κ3) is 2.92. The molecule has 1 aromatic rings. The molecule has 0 saturated heterocycles. The van der Waals surface area contributed by atoms with Crippen LogP contribution in [0.25, 0.3) is 0 Å². The van der Waals surface area contributed by atoms with Gasteiger partial charge in [-0.15, -0.1) is 24.2 Å². The smallest absolute Gasteiger partial charge is 0.255 e. The monoisotopic (exact) mass is 266 g/mol. The summed E-state index contributed by atoms with van der Waals surface area (Å²) in [7, 11) is 0. The summed E-state index contributed by atoms with van der Waals surface area (Å²) in [4.78, 5) is 2.74. The second-order valence-corrected chi connectivity index (χ2v) is 4.55. The molecule has 2 rings (SSSR count). The van der Waals surface area contributed by atoms with Crippen LogP contribution < -0.4 is 10.6 Å². The summed E-state index contributed by atoms with van der Waals surface area (Å²) in [5.41, 5.74) is 7.11. The molecular formula is C10H13ClF2N2S. The molecule has 2 nitrogen and oxygen atoms in total. The van der Waals surface area contributed by atoms with Gasteiger partial charge in [0, 0.05) is 22.9 Å². The summed E-state index contributed by atoms with van der Waals surface area (Å²) in [6.45, 7) is 0.447. The summed E-state index contributed by atoms with van der Waals surface area (Å²) in [6, 6.07) is 5.47. The van der Waals surface area contributed by atoms with Crippen molar-refractivity contribution in [1.29, 1.82) is 0 Å². The van der Waals surface area contributed by atoms with Gasteiger partial charge in [-0.3, -0.25) is 0 Å². The second-order valence-electron chi connectivity index (χ2n) is 3.41. The van der Waals surface area contributed by atoms with Crippen molar-refractivity contribution in [2.45, 2.75) is 11.3 Å². The van der Waals surface area contributed by atoms with Crippen LogP contribution in [-0.4, -0.2) is 25.3 Å². The summed E-state index contributed by atoms with van der Waals surface area (Å²) in [5.74, 6) is 0.851. The van der Waals surface area contributed by atoms with Crippen molar-refractivity contribution in [3.63, 3.8) is 0 Å². The highest BCUT2D eigenvalue weighted by Gasteiger charge is 2.20. The quantitative estimate of drug-likeness (QED) is 0.835. The minimum Gasteiger partial charge on any atom is -0.399 e. The largest absolute Gasteiger partial charge is 0.399 e. The first-order valence-electron chi connectivity index (χ1n) is 4.72. The average Bonchev–Trinajstić information content (AvgIpc) is 2.18. The Balaban J connectivity index is 0.00000128. The van der Waals surface area contributed by atoms with Gasteiger partial charge in [0.25, 0.3) is 6.43 Å². The van der Waals surface area contributed by atoms with Gasteiger partial charge in [0.15, 0.2) is 0 Å². The molecule has 0 unspecified atom stereocenters. The van der Waals surface area contributed by atoms with E-state index in [1.54, 1.807) is 28.8 Å². The normalized spacial score (nSPS) is 14.6. The number of fused-ring (bicyclic) bond motifs is 1. The molecule has 0 radical (unpaired) electrons. The molecule has 0 atom stereocenters. The molecule has 1 aliphatic heterocycles. The van der Waals surface area contributed by atoms with E-state index in [4.69, 9.17) is 5.73 Å². The van der Waals surface area contributed by atoms with Crippen LogP contribution in [0.4, 0.5) is 20.2 Å². The van der Waals surface area contributed by atoms with Crippen molar-refractivity contribution in [3.8, 4) is 0 Å². The molecular weight excluding hydrogens is 254 g/mol. The fourth-order valence-electron chi connectivity index (χ4n) is 1.65. The zero-order valence-electron chi connectivity index (χ0n) is 8.53. The number of nitrogen functional groups attached to an aromatic ring is 1. The molecule has 1 heterocycles. The lowest BCUT2D eigenvalue weighted by atomic mass is 10.2. The number of thioether (sulfide) groups is 1. The molecule has 0 saturated carbocycles. The maximum absolute atomic E-state index is 12.3. The molecule has 90 valence electrons. The molecule has 1 aromatic carbocycles. The molecule has 16 heavy (non-hydrogen) atoms. The van der Waals surface area contributed by atoms with Gasteiger partial charge >= 0.3 is 0 Å². The van der Waals surface area contributed by atoms with E-state index in [1.165, 1.54) is 0 Å². The van der Waals surface area contributed by atoms with Crippen LogP contribution in [-0.2, 0) is 0 Å². The highest BCUT2D eigenvalue weighted by atomic mass is 35.5. The van der Waals surface area contributed by atoms with E-state index in [-0.39, 0.29) is 19.0 Å². The molecule has 2 N–H and O–H groups in total. The van der Waals surface area contributed by atoms with Crippen molar-refractivity contribution < 1.29 is 8.78 Å². The second kappa shape index (κ2) is 5.59. The molecule has 0 spiro atoms. The van der Waals surface area contributed by atoms with E-state index >= 15 is 0 Å². The number of alkyl halides is 2. The number of nitrogens with two attached hydrogens (primary N) is 1. The van der Waals surface area contributed by atoms with Crippen LogP contribution in [0.5, 0.6) is 0 Å². The maximum Gasteiger partial charge on any atom is 0.255 e. The molecule has 0 bridgehead atoms. The van der Waals surface area contributed by atoms with Gasteiger partial charge in [-0.05, 0) is 18.2 Å². The van der Waals surface area contributed by atoms with Crippen LogP contribution in [0.3, 0.4) is 0 Å². The van der Waals surface area contributed by atoms with Crippen LogP contribution >= 0.6 is 24.2 Å². The minimum absolute atomic E-state index is 0. The van der Waals surface area contributed by atoms with E-state index in [1.807, 2.05) is 6.07 Å². The first kappa shape index (κ1) is 13.4.